The predicted molar refractivity (Wildman–Crippen MR) is 49.2 cm³/mol. The van der Waals surface area contributed by atoms with Gasteiger partial charge < -0.3 is 0 Å². The normalized spacial score (nSPS) is 18.7. The largest absolute Gasteiger partial charge is 0.269 e. The van der Waals surface area contributed by atoms with Crippen LogP contribution in [0.2, 0.25) is 0 Å². The Labute approximate surface area is 79.2 Å². The lowest BCUT2D eigenvalue weighted by atomic mass is 10.2. The van der Waals surface area contributed by atoms with Crippen LogP contribution in [0.4, 0.5) is 5.69 Å². The maximum atomic E-state index is 10.4. The highest BCUT2D eigenvalue weighted by atomic mass is 16.6. The van der Waals surface area contributed by atoms with Gasteiger partial charge in [0, 0.05) is 17.7 Å². The standard InChI is InChI=1S/C8H6N4O2/c13-12(14)7-3-1-6(2-4-7)8-9-5-10-11-8/h1-5,8H/t8-/m1/s1. The molecule has 70 valence electrons. The van der Waals surface area contributed by atoms with Crippen LogP contribution in [0.25, 0.3) is 0 Å². The van der Waals surface area contributed by atoms with E-state index in [4.69, 9.17) is 0 Å². The molecule has 0 N–H and O–H groups in total. The van der Waals surface area contributed by atoms with Crippen molar-refractivity contribution in [3.05, 3.63) is 39.9 Å². The Morgan fingerprint density at radius 2 is 2.00 bits per heavy atom. The summed E-state index contributed by atoms with van der Waals surface area (Å²) in [7, 11) is 0. The van der Waals surface area contributed by atoms with E-state index in [1.54, 1.807) is 12.1 Å². The van der Waals surface area contributed by atoms with E-state index in [1.807, 2.05) is 0 Å². The number of nitro groups is 1. The van der Waals surface area contributed by atoms with Gasteiger partial charge in [0.2, 0.25) is 0 Å². The van der Waals surface area contributed by atoms with E-state index in [-0.39, 0.29) is 11.9 Å². The number of rotatable bonds is 2. The number of azo groups is 1. The molecule has 1 aliphatic heterocycles. The average Bonchev–Trinajstić information content (AvgIpc) is 2.71. The molecule has 14 heavy (non-hydrogen) atoms. The monoisotopic (exact) mass is 190 g/mol. The lowest BCUT2D eigenvalue weighted by Crippen LogP contribution is -1.91. The molecule has 1 aliphatic rings. The molecule has 0 unspecified atom stereocenters. The lowest BCUT2D eigenvalue weighted by molar-refractivity contribution is -0.384. The van der Waals surface area contributed by atoms with Crippen molar-refractivity contribution in [1.29, 1.82) is 0 Å². The van der Waals surface area contributed by atoms with Crippen molar-refractivity contribution < 1.29 is 4.92 Å². The Morgan fingerprint density at radius 3 is 2.50 bits per heavy atom. The molecule has 6 nitrogen and oxygen atoms in total. The molecule has 6 heteroatoms. The molecule has 0 amide bonds. The zero-order chi connectivity index (χ0) is 9.97. The second-order valence-electron chi connectivity index (χ2n) is 2.72. The van der Waals surface area contributed by atoms with Crippen LogP contribution < -0.4 is 0 Å². The maximum absolute atomic E-state index is 10.4. The third kappa shape index (κ3) is 1.49. The lowest BCUT2D eigenvalue weighted by Gasteiger charge is -2.01. The molecule has 0 bridgehead atoms. The number of hydrogen-bond donors (Lipinski definition) is 0. The highest BCUT2D eigenvalue weighted by Crippen LogP contribution is 2.23. The fraction of sp³-hybridized carbons (Fsp3) is 0.125. The summed E-state index contributed by atoms with van der Waals surface area (Å²) in [6.45, 7) is 0. The smallest absolute Gasteiger partial charge is 0.258 e. The maximum Gasteiger partial charge on any atom is 0.269 e. The van der Waals surface area contributed by atoms with E-state index in [0.717, 1.165) is 5.56 Å². The van der Waals surface area contributed by atoms with Gasteiger partial charge in [0.1, 0.15) is 6.34 Å². The Bertz CT molecular complexity index is 398. The van der Waals surface area contributed by atoms with E-state index < -0.39 is 4.92 Å². The number of non-ortho nitro benzene ring substituents is 1. The summed E-state index contributed by atoms with van der Waals surface area (Å²) in [5.41, 5.74) is 0.862. The third-order valence-corrected chi connectivity index (χ3v) is 1.84. The minimum atomic E-state index is -0.441. The summed E-state index contributed by atoms with van der Waals surface area (Å²) in [6, 6.07) is 6.12. The summed E-state index contributed by atoms with van der Waals surface area (Å²) in [5.74, 6) is 0. The van der Waals surface area contributed by atoms with Crippen molar-refractivity contribution in [2.75, 3.05) is 0 Å². The van der Waals surface area contributed by atoms with Gasteiger partial charge in [-0.25, -0.2) is 4.99 Å². The van der Waals surface area contributed by atoms with Gasteiger partial charge in [-0.1, -0.05) is 0 Å². The first kappa shape index (κ1) is 8.49. The van der Waals surface area contributed by atoms with Crippen LogP contribution >= 0.6 is 0 Å². The van der Waals surface area contributed by atoms with Crippen LogP contribution in [0.1, 0.15) is 11.7 Å². The van der Waals surface area contributed by atoms with Gasteiger partial charge in [0.05, 0.1) is 4.92 Å². The summed E-state index contributed by atoms with van der Waals surface area (Å²) < 4.78 is 0. The SMILES string of the molecule is O=[N+]([O-])c1ccc([C@@H]2N=CN=N2)cc1. The minimum absolute atomic E-state index is 0.0627. The summed E-state index contributed by atoms with van der Waals surface area (Å²) in [6.07, 6.45) is 1.03. The fourth-order valence-electron chi connectivity index (χ4n) is 1.14. The Hall–Kier alpha value is -2.11. The molecule has 2 rings (SSSR count). The Balaban J connectivity index is 2.25. The molecule has 0 saturated carbocycles. The Morgan fingerprint density at radius 1 is 1.29 bits per heavy atom. The van der Waals surface area contributed by atoms with Crippen molar-refractivity contribution in [2.24, 2.45) is 15.2 Å². The van der Waals surface area contributed by atoms with Crippen LogP contribution in [0, 0.1) is 10.1 Å². The molecule has 0 aliphatic carbocycles. The van der Waals surface area contributed by atoms with Crippen LogP contribution in [0.3, 0.4) is 0 Å². The van der Waals surface area contributed by atoms with Gasteiger partial charge in [-0.05, 0) is 12.1 Å². The van der Waals surface area contributed by atoms with Crippen molar-refractivity contribution >= 4 is 12.0 Å². The molecule has 0 spiro atoms. The van der Waals surface area contributed by atoms with Gasteiger partial charge in [-0.2, -0.15) is 5.11 Å². The van der Waals surface area contributed by atoms with Gasteiger partial charge in [0.25, 0.3) is 5.69 Å². The van der Waals surface area contributed by atoms with E-state index >= 15 is 0 Å². The van der Waals surface area contributed by atoms with Gasteiger partial charge in [-0.15, -0.1) is 5.11 Å². The fourth-order valence-corrected chi connectivity index (χ4v) is 1.14. The number of benzene rings is 1. The third-order valence-electron chi connectivity index (χ3n) is 1.84. The number of hydrogen-bond acceptors (Lipinski definition) is 5. The van der Waals surface area contributed by atoms with Crippen molar-refractivity contribution in [2.45, 2.75) is 6.17 Å². The van der Waals surface area contributed by atoms with E-state index in [9.17, 15) is 10.1 Å². The zero-order valence-corrected chi connectivity index (χ0v) is 7.07. The van der Waals surface area contributed by atoms with Gasteiger partial charge in [0.15, 0.2) is 6.17 Å². The molecule has 0 aromatic heterocycles. The summed E-state index contributed by atoms with van der Waals surface area (Å²) >= 11 is 0. The molecule has 1 heterocycles. The quantitative estimate of drug-likeness (QED) is 0.528. The molecule has 0 fully saturated rings. The van der Waals surface area contributed by atoms with Gasteiger partial charge in [-0.3, -0.25) is 10.1 Å². The first-order valence-electron chi connectivity index (χ1n) is 3.93. The summed E-state index contributed by atoms with van der Waals surface area (Å²) in [4.78, 5) is 13.9. The first-order chi connectivity index (χ1) is 6.77. The molecule has 1 atom stereocenters. The average molecular weight is 190 g/mol. The number of nitrogens with zero attached hydrogens (tertiary/aromatic N) is 4. The second-order valence-corrected chi connectivity index (χ2v) is 2.72. The van der Waals surface area contributed by atoms with Crippen LogP contribution in [-0.2, 0) is 0 Å². The zero-order valence-electron chi connectivity index (χ0n) is 7.07. The molecule has 0 radical (unpaired) electrons. The molecular formula is C8H6N4O2. The molecular weight excluding hydrogens is 184 g/mol. The van der Waals surface area contributed by atoms with Crippen LogP contribution in [-0.4, -0.2) is 11.3 Å². The van der Waals surface area contributed by atoms with Gasteiger partial charge >= 0.3 is 0 Å². The van der Waals surface area contributed by atoms with Crippen molar-refractivity contribution in [1.82, 2.24) is 0 Å². The number of aliphatic imine (C=N–C) groups is 1. The minimum Gasteiger partial charge on any atom is -0.258 e. The Kier molecular flexibility index (Phi) is 2.02. The number of nitro benzene ring substituents is 1. The highest BCUT2D eigenvalue weighted by molar-refractivity contribution is 5.57. The van der Waals surface area contributed by atoms with Crippen LogP contribution in [0.15, 0.2) is 39.5 Å². The van der Waals surface area contributed by atoms with E-state index in [1.165, 1.54) is 18.5 Å². The van der Waals surface area contributed by atoms with E-state index in [0.29, 0.717) is 0 Å². The highest BCUT2D eigenvalue weighted by Gasteiger charge is 2.12. The predicted octanol–water partition coefficient (Wildman–Crippen LogP) is 2.09. The van der Waals surface area contributed by atoms with Crippen molar-refractivity contribution in [3.8, 4) is 0 Å². The summed E-state index contributed by atoms with van der Waals surface area (Å²) in [5, 5.41) is 17.8. The molecule has 0 saturated heterocycles. The van der Waals surface area contributed by atoms with Crippen LogP contribution in [0.5, 0.6) is 0 Å². The topological polar surface area (TPSA) is 80.2 Å². The first-order valence-corrected chi connectivity index (χ1v) is 3.93. The molecule has 1 aromatic rings. The van der Waals surface area contributed by atoms with E-state index in [2.05, 4.69) is 15.2 Å². The molecule has 1 aromatic carbocycles. The second kappa shape index (κ2) is 3.33. The van der Waals surface area contributed by atoms with Crippen molar-refractivity contribution in [3.63, 3.8) is 0 Å².